The monoisotopic (exact) mass is 424 g/mol. The summed E-state index contributed by atoms with van der Waals surface area (Å²) in [5.74, 6) is 0.222. The number of fused-ring (bicyclic) bond motifs is 1. The summed E-state index contributed by atoms with van der Waals surface area (Å²) in [6, 6.07) is 12.1. The van der Waals surface area contributed by atoms with Gasteiger partial charge in [-0.2, -0.15) is 4.57 Å². The van der Waals surface area contributed by atoms with Crippen molar-refractivity contribution in [1.29, 1.82) is 0 Å². The molecule has 3 rings (SSSR count). The van der Waals surface area contributed by atoms with Crippen molar-refractivity contribution in [3.8, 4) is 5.75 Å². The van der Waals surface area contributed by atoms with E-state index in [1.807, 2.05) is 18.2 Å². The van der Waals surface area contributed by atoms with Gasteiger partial charge in [-0.1, -0.05) is 23.5 Å². The highest BCUT2D eigenvalue weighted by molar-refractivity contribution is 9.11. The Hall–Kier alpha value is -1.17. The number of phenolic OH excluding ortho intramolecular Hbond substituents is 1. The Morgan fingerprint density at radius 2 is 1.76 bits per heavy atom. The van der Waals surface area contributed by atoms with Crippen molar-refractivity contribution in [3.05, 3.63) is 55.9 Å². The van der Waals surface area contributed by atoms with Gasteiger partial charge in [0.1, 0.15) is 17.5 Å². The third-order valence-electron chi connectivity index (χ3n) is 3.23. The van der Waals surface area contributed by atoms with Gasteiger partial charge in [0.15, 0.2) is 0 Å². The lowest BCUT2D eigenvalue weighted by atomic mass is 10.2. The largest absolute Gasteiger partial charge is 0.506 e. The predicted molar refractivity (Wildman–Crippen MR) is 95.4 cm³/mol. The lowest BCUT2D eigenvalue weighted by Crippen LogP contribution is -2.28. The molecule has 0 fully saturated rings. The number of aromatic nitrogens is 1. The standard InChI is InChI=1S/C16H11Br2NOS/c1-19-13-4-2-3-5-14(13)21-15(19)7-6-10-8-11(17)16(20)12(18)9-10/h2-9H,1H3/p+1. The molecule has 21 heavy (non-hydrogen) atoms. The summed E-state index contributed by atoms with van der Waals surface area (Å²) in [5.41, 5.74) is 2.25. The van der Waals surface area contributed by atoms with E-state index in [1.165, 1.54) is 15.2 Å². The zero-order valence-electron chi connectivity index (χ0n) is 11.2. The van der Waals surface area contributed by atoms with Gasteiger partial charge in [0.2, 0.25) is 5.52 Å². The Morgan fingerprint density at radius 1 is 1.10 bits per heavy atom. The molecule has 0 atom stereocenters. The topological polar surface area (TPSA) is 24.1 Å². The molecule has 1 heterocycles. The molecule has 0 spiro atoms. The van der Waals surface area contributed by atoms with E-state index in [9.17, 15) is 5.11 Å². The molecule has 0 saturated heterocycles. The summed E-state index contributed by atoms with van der Waals surface area (Å²) in [7, 11) is 2.07. The van der Waals surface area contributed by atoms with Crippen molar-refractivity contribution in [2.75, 3.05) is 0 Å². The van der Waals surface area contributed by atoms with E-state index in [1.54, 1.807) is 11.3 Å². The number of para-hydroxylation sites is 1. The second-order valence-corrected chi connectivity index (χ2v) is 7.40. The van der Waals surface area contributed by atoms with Crippen molar-refractivity contribution in [2.24, 2.45) is 7.05 Å². The van der Waals surface area contributed by atoms with E-state index in [-0.39, 0.29) is 5.75 Å². The lowest BCUT2D eigenvalue weighted by Gasteiger charge is -2.01. The third-order valence-corrected chi connectivity index (χ3v) is 5.62. The fraction of sp³-hybridized carbons (Fsp3) is 0.0625. The fourth-order valence-corrected chi connectivity index (χ4v) is 4.39. The van der Waals surface area contributed by atoms with Crippen LogP contribution in [0.2, 0.25) is 0 Å². The van der Waals surface area contributed by atoms with Gasteiger partial charge in [0.05, 0.1) is 8.95 Å². The maximum Gasteiger partial charge on any atom is 0.262 e. The van der Waals surface area contributed by atoms with Crippen LogP contribution in [-0.4, -0.2) is 5.11 Å². The van der Waals surface area contributed by atoms with Gasteiger partial charge < -0.3 is 5.11 Å². The van der Waals surface area contributed by atoms with Crippen LogP contribution in [0.5, 0.6) is 5.75 Å². The molecule has 5 heteroatoms. The second-order valence-electron chi connectivity index (χ2n) is 4.63. The van der Waals surface area contributed by atoms with Crippen molar-refractivity contribution in [3.63, 3.8) is 0 Å². The molecule has 0 aliphatic heterocycles. The van der Waals surface area contributed by atoms with Gasteiger partial charge >= 0.3 is 0 Å². The minimum Gasteiger partial charge on any atom is -0.506 e. The summed E-state index contributed by atoms with van der Waals surface area (Å²) in [5, 5.41) is 10.9. The highest BCUT2D eigenvalue weighted by Crippen LogP contribution is 2.34. The molecule has 106 valence electrons. The molecular formula is C16H12Br2NOS+. The molecule has 1 aromatic heterocycles. The van der Waals surface area contributed by atoms with E-state index >= 15 is 0 Å². The number of benzene rings is 2. The van der Waals surface area contributed by atoms with E-state index < -0.39 is 0 Å². The molecule has 3 aromatic rings. The zero-order valence-corrected chi connectivity index (χ0v) is 15.2. The average Bonchev–Trinajstić information content (AvgIpc) is 2.79. The first-order chi connectivity index (χ1) is 10.1. The first-order valence-electron chi connectivity index (χ1n) is 6.30. The summed E-state index contributed by atoms with van der Waals surface area (Å²) < 4.78 is 4.81. The van der Waals surface area contributed by atoms with Gasteiger partial charge in [0.25, 0.3) is 5.01 Å². The molecule has 2 aromatic carbocycles. The van der Waals surface area contributed by atoms with Crippen LogP contribution in [0.1, 0.15) is 10.6 Å². The maximum absolute atomic E-state index is 9.74. The number of hydrogen-bond donors (Lipinski definition) is 1. The average molecular weight is 426 g/mol. The first-order valence-corrected chi connectivity index (χ1v) is 8.70. The maximum atomic E-state index is 9.74. The highest BCUT2D eigenvalue weighted by atomic mass is 79.9. The van der Waals surface area contributed by atoms with Crippen LogP contribution in [0.3, 0.4) is 0 Å². The number of rotatable bonds is 2. The van der Waals surface area contributed by atoms with Crippen molar-refractivity contribution in [2.45, 2.75) is 0 Å². The number of aryl methyl sites for hydroxylation is 1. The molecule has 0 unspecified atom stereocenters. The van der Waals surface area contributed by atoms with E-state index in [0.29, 0.717) is 8.95 Å². The van der Waals surface area contributed by atoms with Gasteiger partial charge in [-0.3, -0.25) is 0 Å². The van der Waals surface area contributed by atoms with Crippen LogP contribution in [0.15, 0.2) is 45.3 Å². The number of thiazole rings is 1. The van der Waals surface area contributed by atoms with Crippen molar-refractivity contribution >= 4 is 65.6 Å². The number of halogens is 2. The van der Waals surface area contributed by atoms with Crippen LogP contribution in [0, 0.1) is 0 Å². The summed E-state index contributed by atoms with van der Waals surface area (Å²) >= 11 is 8.46. The molecule has 2 nitrogen and oxygen atoms in total. The normalized spacial score (nSPS) is 11.6. The fourth-order valence-electron chi connectivity index (χ4n) is 2.12. The molecule has 0 aliphatic carbocycles. The Bertz CT molecular complexity index is 832. The van der Waals surface area contributed by atoms with Crippen molar-refractivity contribution < 1.29 is 9.67 Å². The molecular weight excluding hydrogens is 414 g/mol. The smallest absolute Gasteiger partial charge is 0.262 e. The third kappa shape index (κ3) is 2.91. The minimum absolute atomic E-state index is 0.222. The lowest BCUT2D eigenvalue weighted by molar-refractivity contribution is -0.642. The molecule has 0 bridgehead atoms. The molecule has 0 amide bonds. The van der Waals surface area contributed by atoms with Gasteiger partial charge in [-0.15, -0.1) is 0 Å². The number of hydrogen-bond acceptors (Lipinski definition) is 2. The van der Waals surface area contributed by atoms with Crippen molar-refractivity contribution in [1.82, 2.24) is 0 Å². The quantitative estimate of drug-likeness (QED) is 0.565. The van der Waals surface area contributed by atoms with Crippen LogP contribution in [0.25, 0.3) is 22.4 Å². The summed E-state index contributed by atoms with van der Waals surface area (Å²) in [4.78, 5) is 0. The summed E-state index contributed by atoms with van der Waals surface area (Å²) in [6.07, 6.45) is 4.13. The Labute approximate surface area is 143 Å². The molecule has 1 N–H and O–H groups in total. The molecule has 0 radical (unpaired) electrons. The number of aromatic hydroxyl groups is 1. The highest BCUT2D eigenvalue weighted by Gasteiger charge is 2.13. The Kier molecular flexibility index (Phi) is 4.15. The van der Waals surface area contributed by atoms with Crippen LogP contribution in [-0.2, 0) is 7.05 Å². The van der Waals surface area contributed by atoms with Gasteiger partial charge in [-0.25, -0.2) is 0 Å². The Morgan fingerprint density at radius 3 is 2.43 bits per heavy atom. The zero-order chi connectivity index (χ0) is 15.0. The molecule has 0 saturated carbocycles. The molecule has 0 aliphatic rings. The first kappa shape index (κ1) is 14.8. The number of phenols is 1. The number of nitrogens with zero attached hydrogens (tertiary/aromatic N) is 1. The van der Waals surface area contributed by atoms with Gasteiger partial charge in [-0.05, 0) is 61.7 Å². The van der Waals surface area contributed by atoms with E-state index in [2.05, 4.69) is 73.8 Å². The van der Waals surface area contributed by atoms with Crippen LogP contribution < -0.4 is 4.57 Å². The van der Waals surface area contributed by atoms with E-state index in [4.69, 9.17) is 0 Å². The SMILES string of the molecule is C[n+]1c(/C=C/c2cc(Br)c(O)c(Br)c2)sc2ccccc21. The van der Waals surface area contributed by atoms with Crippen LogP contribution >= 0.6 is 43.2 Å². The second kappa shape index (κ2) is 5.91. The Balaban J connectivity index is 2.00. The predicted octanol–water partition coefficient (Wildman–Crippen LogP) is 5.13. The van der Waals surface area contributed by atoms with E-state index in [0.717, 1.165) is 5.56 Å². The summed E-state index contributed by atoms with van der Waals surface area (Å²) in [6.45, 7) is 0. The van der Waals surface area contributed by atoms with Crippen LogP contribution in [0.4, 0.5) is 0 Å². The minimum atomic E-state index is 0.222. The van der Waals surface area contributed by atoms with Gasteiger partial charge in [0, 0.05) is 12.1 Å².